The smallest absolute Gasteiger partial charge is 0.135 e. The Labute approximate surface area is 161 Å². The average Bonchev–Trinajstić information content (AvgIpc) is 3.35. The van der Waals surface area contributed by atoms with E-state index in [4.69, 9.17) is 4.98 Å². The van der Waals surface area contributed by atoms with Crippen molar-refractivity contribution in [3.05, 3.63) is 60.7 Å². The van der Waals surface area contributed by atoms with E-state index in [0.29, 0.717) is 0 Å². The van der Waals surface area contributed by atoms with Crippen LogP contribution in [0.4, 0.5) is 0 Å². The normalized spacial score (nSPS) is 11.5. The summed E-state index contributed by atoms with van der Waals surface area (Å²) >= 11 is 0. The number of nitrogens with zero attached hydrogens (tertiary/aromatic N) is 4. The molecule has 28 heavy (non-hydrogen) atoms. The lowest BCUT2D eigenvalue weighted by Gasteiger charge is -2.05. The lowest BCUT2D eigenvalue weighted by atomic mass is 10.1. The van der Waals surface area contributed by atoms with Crippen LogP contribution in [0.15, 0.2) is 55.1 Å². The van der Waals surface area contributed by atoms with Gasteiger partial charge in [0, 0.05) is 47.8 Å². The van der Waals surface area contributed by atoms with E-state index in [0.717, 1.165) is 63.2 Å². The maximum Gasteiger partial charge on any atom is 0.135 e. The molecule has 0 saturated carbocycles. The molecule has 7 nitrogen and oxygen atoms in total. The third-order valence-corrected chi connectivity index (χ3v) is 4.75. The van der Waals surface area contributed by atoms with Crippen molar-refractivity contribution in [1.29, 1.82) is 0 Å². The first-order valence-electron chi connectivity index (χ1n) is 9.25. The Morgan fingerprint density at radius 3 is 2.86 bits per heavy atom. The SMILES string of the molecule is CCNCc1cncc(-c2ccc3[nH]nc(-c4cc5cnccc5[nH]4)c3n2)c1. The Morgan fingerprint density at radius 1 is 1.00 bits per heavy atom. The number of hydrogen-bond donors (Lipinski definition) is 3. The Balaban J connectivity index is 1.58. The average molecular weight is 369 g/mol. The zero-order valence-electron chi connectivity index (χ0n) is 15.4. The molecule has 0 aliphatic rings. The monoisotopic (exact) mass is 369 g/mol. The van der Waals surface area contributed by atoms with Gasteiger partial charge in [0.2, 0.25) is 0 Å². The van der Waals surface area contributed by atoms with Crippen LogP contribution in [0, 0.1) is 0 Å². The van der Waals surface area contributed by atoms with E-state index in [1.54, 1.807) is 6.20 Å². The Morgan fingerprint density at radius 2 is 1.96 bits per heavy atom. The standard InChI is InChI=1S/C21H19N7/c1-2-22-9-13-7-14(12-24-10-13)16-3-4-18-20(26-16)21(28-27-18)19-8-15-11-23-6-5-17(15)25-19/h3-8,10-12,22,25H,2,9H2,1H3,(H,27,28). The van der Waals surface area contributed by atoms with Crippen molar-refractivity contribution in [1.82, 2.24) is 35.5 Å². The fraction of sp³-hybridized carbons (Fsp3) is 0.143. The summed E-state index contributed by atoms with van der Waals surface area (Å²) in [4.78, 5) is 16.8. The highest BCUT2D eigenvalue weighted by Crippen LogP contribution is 2.29. The second kappa shape index (κ2) is 6.86. The van der Waals surface area contributed by atoms with Crippen LogP contribution in [0.2, 0.25) is 0 Å². The topological polar surface area (TPSA) is 95.2 Å². The summed E-state index contributed by atoms with van der Waals surface area (Å²) in [6.07, 6.45) is 7.34. The summed E-state index contributed by atoms with van der Waals surface area (Å²) in [5.74, 6) is 0. The summed E-state index contributed by atoms with van der Waals surface area (Å²) in [6.45, 7) is 3.81. The lowest BCUT2D eigenvalue weighted by molar-refractivity contribution is 0.724. The van der Waals surface area contributed by atoms with E-state index in [2.05, 4.69) is 43.5 Å². The first kappa shape index (κ1) is 16.6. The van der Waals surface area contributed by atoms with Crippen LogP contribution in [-0.4, -0.2) is 36.7 Å². The van der Waals surface area contributed by atoms with Gasteiger partial charge in [0.05, 0.1) is 16.9 Å². The van der Waals surface area contributed by atoms with Gasteiger partial charge in [0.1, 0.15) is 11.2 Å². The molecule has 0 bridgehead atoms. The number of aromatic nitrogens is 6. The first-order chi connectivity index (χ1) is 13.8. The molecule has 0 fully saturated rings. The summed E-state index contributed by atoms with van der Waals surface area (Å²) in [5.41, 5.74) is 7.46. The highest BCUT2D eigenvalue weighted by molar-refractivity contribution is 5.94. The van der Waals surface area contributed by atoms with E-state index in [1.807, 2.05) is 42.9 Å². The summed E-state index contributed by atoms with van der Waals surface area (Å²) in [7, 11) is 0. The predicted octanol–water partition coefficient (Wildman–Crippen LogP) is 3.67. The number of pyridine rings is 3. The van der Waals surface area contributed by atoms with Gasteiger partial charge in [0.25, 0.3) is 0 Å². The van der Waals surface area contributed by atoms with Crippen molar-refractivity contribution in [3.63, 3.8) is 0 Å². The molecule has 0 unspecified atom stereocenters. The molecule has 0 aliphatic carbocycles. The van der Waals surface area contributed by atoms with Gasteiger partial charge in [-0.25, -0.2) is 4.98 Å². The second-order valence-corrected chi connectivity index (χ2v) is 6.67. The van der Waals surface area contributed by atoms with Gasteiger partial charge in [-0.05, 0) is 42.4 Å². The highest BCUT2D eigenvalue weighted by Gasteiger charge is 2.14. The van der Waals surface area contributed by atoms with E-state index >= 15 is 0 Å². The van der Waals surface area contributed by atoms with E-state index in [-0.39, 0.29) is 0 Å². The fourth-order valence-electron chi connectivity index (χ4n) is 3.34. The van der Waals surface area contributed by atoms with Crippen LogP contribution in [0.1, 0.15) is 12.5 Å². The number of rotatable bonds is 5. The Bertz CT molecular complexity index is 1240. The maximum absolute atomic E-state index is 4.88. The van der Waals surface area contributed by atoms with E-state index in [9.17, 15) is 0 Å². The zero-order chi connectivity index (χ0) is 18.9. The van der Waals surface area contributed by atoms with Gasteiger partial charge in [-0.3, -0.25) is 15.1 Å². The Hall–Kier alpha value is -3.58. The summed E-state index contributed by atoms with van der Waals surface area (Å²) in [5, 5.41) is 11.9. The van der Waals surface area contributed by atoms with Crippen LogP contribution >= 0.6 is 0 Å². The third-order valence-electron chi connectivity index (χ3n) is 4.75. The first-order valence-corrected chi connectivity index (χ1v) is 9.25. The number of fused-ring (bicyclic) bond motifs is 2. The molecule has 0 saturated heterocycles. The molecule has 5 aromatic heterocycles. The van der Waals surface area contributed by atoms with Crippen molar-refractivity contribution in [2.45, 2.75) is 13.5 Å². The third kappa shape index (κ3) is 2.91. The quantitative estimate of drug-likeness (QED) is 0.439. The van der Waals surface area contributed by atoms with Gasteiger partial charge in [-0.15, -0.1) is 0 Å². The maximum atomic E-state index is 4.88. The minimum absolute atomic E-state index is 0.791. The zero-order valence-corrected chi connectivity index (χ0v) is 15.4. The number of hydrogen-bond acceptors (Lipinski definition) is 5. The molecule has 5 heterocycles. The fourth-order valence-corrected chi connectivity index (χ4v) is 3.34. The van der Waals surface area contributed by atoms with Crippen molar-refractivity contribution >= 4 is 21.9 Å². The molecular formula is C21H19N7. The molecule has 138 valence electrons. The van der Waals surface area contributed by atoms with Crippen LogP contribution in [-0.2, 0) is 6.54 Å². The van der Waals surface area contributed by atoms with Gasteiger partial charge < -0.3 is 10.3 Å². The van der Waals surface area contributed by atoms with Gasteiger partial charge in [-0.2, -0.15) is 5.10 Å². The second-order valence-electron chi connectivity index (χ2n) is 6.67. The van der Waals surface area contributed by atoms with Crippen LogP contribution in [0.25, 0.3) is 44.6 Å². The lowest BCUT2D eigenvalue weighted by Crippen LogP contribution is -2.11. The molecule has 3 N–H and O–H groups in total. The van der Waals surface area contributed by atoms with E-state index in [1.165, 1.54) is 0 Å². The molecule has 0 aliphatic heterocycles. The number of H-pyrrole nitrogens is 2. The van der Waals surface area contributed by atoms with E-state index < -0.39 is 0 Å². The van der Waals surface area contributed by atoms with Crippen molar-refractivity contribution < 1.29 is 0 Å². The van der Waals surface area contributed by atoms with Gasteiger partial charge in [0.15, 0.2) is 0 Å². The number of nitrogens with one attached hydrogen (secondary N) is 3. The highest BCUT2D eigenvalue weighted by atomic mass is 15.1. The van der Waals surface area contributed by atoms with Crippen molar-refractivity contribution in [2.24, 2.45) is 0 Å². The van der Waals surface area contributed by atoms with Crippen LogP contribution in [0.5, 0.6) is 0 Å². The largest absolute Gasteiger partial charge is 0.353 e. The molecule has 0 atom stereocenters. The van der Waals surface area contributed by atoms with Crippen molar-refractivity contribution in [3.8, 4) is 22.6 Å². The van der Waals surface area contributed by atoms with Crippen LogP contribution in [0.3, 0.4) is 0 Å². The van der Waals surface area contributed by atoms with Gasteiger partial charge in [-0.1, -0.05) is 6.92 Å². The van der Waals surface area contributed by atoms with Gasteiger partial charge >= 0.3 is 0 Å². The Kier molecular flexibility index (Phi) is 4.06. The summed E-state index contributed by atoms with van der Waals surface area (Å²) in [6, 6.07) is 10.1. The van der Waals surface area contributed by atoms with Crippen LogP contribution < -0.4 is 5.32 Å². The molecule has 5 aromatic rings. The molecule has 0 spiro atoms. The minimum atomic E-state index is 0.791. The predicted molar refractivity (Wildman–Crippen MR) is 110 cm³/mol. The number of aromatic amines is 2. The minimum Gasteiger partial charge on any atom is -0.353 e. The molecular weight excluding hydrogens is 350 g/mol. The molecule has 0 aromatic carbocycles. The van der Waals surface area contributed by atoms with Crippen molar-refractivity contribution in [2.75, 3.05) is 6.54 Å². The molecule has 7 heteroatoms. The molecule has 0 amide bonds. The molecule has 5 rings (SSSR count). The summed E-state index contributed by atoms with van der Waals surface area (Å²) < 4.78 is 0. The molecule has 0 radical (unpaired) electrons.